The number of nitrogens with one attached hydrogen (secondary N) is 4. The molecule has 11 aromatic carbocycles. The molecule has 32 heteroatoms. The predicted molar refractivity (Wildman–Crippen MR) is 553 cm³/mol. The van der Waals surface area contributed by atoms with Crippen LogP contribution in [0.1, 0.15) is 95.2 Å². The van der Waals surface area contributed by atoms with E-state index in [4.69, 9.17) is 165 Å². The van der Waals surface area contributed by atoms with Crippen molar-refractivity contribution in [1.29, 1.82) is 0 Å². The Kier molecular flexibility index (Phi) is 33.4. The van der Waals surface area contributed by atoms with Gasteiger partial charge < -0.3 is 74.7 Å². The van der Waals surface area contributed by atoms with Gasteiger partial charge >= 0.3 is 24.1 Å². The molecular weight excluding hydrogens is 1970 g/mol. The van der Waals surface area contributed by atoms with Crippen molar-refractivity contribution in [3.8, 4) is 17.2 Å². The fraction of sp³-hybridized carbons (Fsp3) is 0.314. The number of methoxy groups -OCH3 is 3. The van der Waals surface area contributed by atoms with Gasteiger partial charge in [-0.3, -0.25) is 0 Å². The Balaban J connectivity index is 0.000000136. The maximum Gasteiger partial charge on any atom is 0.322 e. The molecule has 4 saturated carbocycles. The van der Waals surface area contributed by atoms with Crippen molar-refractivity contribution in [2.75, 3.05) is 135 Å². The van der Waals surface area contributed by atoms with E-state index in [1.165, 1.54) is 37.7 Å². The number of amides is 8. The van der Waals surface area contributed by atoms with E-state index >= 15 is 0 Å². The van der Waals surface area contributed by atoms with E-state index in [0.717, 1.165) is 73.7 Å². The van der Waals surface area contributed by atoms with Crippen molar-refractivity contribution in [3.63, 3.8) is 0 Å². The minimum absolute atomic E-state index is 0.0195. The lowest BCUT2D eigenvalue weighted by atomic mass is 9.54. The third-order valence-corrected chi connectivity index (χ3v) is 29.4. The lowest BCUT2D eigenvalue weighted by molar-refractivity contribution is -0.0112. The fourth-order valence-corrected chi connectivity index (χ4v) is 22.5. The number of aryl methyl sites for hydroxylation is 3. The molecule has 4 aliphatic heterocycles. The fourth-order valence-electron chi connectivity index (χ4n) is 19.8. The minimum atomic E-state index is -0.239. The van der Waals surface area contributed by atoms with Gasteiger partial charge in [0.15, 0.2) is 0 Å². The smallest absolute Gasteiger partial charge is 0.322 e. The second-order valence-electron chi connectivity index (χ2n) is 34.6. The molecule has 4 bridgehead atoms. The molecule has 19 nitrogen and oxygen atoms in total. The van der Waals surface area contributed by atoms with Gasteiger partial charge in [-0.25, -0.2) is 19.2 Å². The van der Waals surface area contributed by atoms with Crippen LogP contribution in [0.2, 0.25) is 65.3 Å². The molecule has 19 rings (SSSR count). The highest BCUT2D eigenvalue weighted by Crippen LogP contribution is 2.54. The number of rotatable bonds is 15. The molecule has 4 saturated heterocycles. The van der Waals surface area contributed by atoms with Gasteiger partial charge in [0.05, 0.1) is 94.0 Å². The van der Waals surface area contributed by atoms with Gasteiger partial charge in [-0.1, -0.05) is 217 Å². The lowest BCUT2D eigenvalue weighted by Crippen LogP contribution is -2.60. The Morgan fingerprint density at radius 2 is 0.604 bits per heavy atom. The molecule has 0 spiro atoms. The molecule has 8 fully saturated rings. The largest absolute Gasteiger partial charge is 0.497 e. The van der Waals surface area contributed by atoms with E-state index in [1.807, 2.05) is 169 Å². The number of benzene rings is 11. The number of hydrogen-bond acceptors (Lipinski definition) is 11. The second kappa shape index (κ2) is 45.0. The Bertz CT molecular complexity index is 5960. The van der Waals surface area contributed by atoms with Gasteiger partial charge in [0.1, 0.15) is 17.2 Å². The van der Waals surface area contributed by atoms with Crippen LogP contribution in [-0.2, 0) is 0 Å². The van der Waals surface area contributed by atoms with Crippen LogP contribution in [-0.4, -0.2) is 150 Å². The van der Waals surface area contributed by atoms with E-state index in [-0.39, 0.29) is 48.3 Å². The minimum Gasteiger partial charge on any atom is -0.497 e. The highest BCUT2D eigenvalue weighted by Gasteiger charge is 2.50. The molecule has 4 N–H and O–H groups in total. The summed E-state index contributed by atoms with van der Waals surface area (Å²) in [5.74, 6) is 4.86. The van der Waals surface area contributed by atoms with Crippen LogP contribution in [0.3, 0.4) is 0 Å². The summed E-state index contributed by atoms with van der Waals surface area (Å²) in [6.45, 7) is 12.8. The van der Waals surface area contributed by atoms with Gasteiger partial charge in [0.25, 0.3) is 0 Å². The summed E-state index contributed by atoms with van der Waals surface area (Å²) in [5.41, 5.74) is 13.0. The van der Waals surface area contributed by atoms with Crippen molar-refractivity contribution >= 4 is 215 Å². The maximum atomic E-state index is 13.5. The molecule has 4 heterocycles. The third-order valence-electron chi connectivity index (χ3n) is 26.0. The first-order chi connectivity index (χ1) is 64.4. The zero-order chi connectivity index (χ0) is 94.9. The van der Waals surface area contributed by atoms with E-state index in [2.05, 4.69) is 59.9 Å². The molecule has 134 heavy (non-hydrogen) atoms. The summed E-state index contributed by atoms with van der Waals surface area (Å²) >= 11 is 81.4. The molecule has 4 atom stereocenters. The maximum absolute atomic E-state index is 13.5. The molecule has 702 valence electrons. The average Bonchev–Trinajstić information content (AvgIpc) is 0.757. The number of carbonyl (C=O) groups is 4. The molecule has 0 aromatic heterocycles. The topological polar surface area (TPSA) is 170 Å². The first-order valence-electron chi connectivity index (χ1n) is 44.2. The lowest BCUT2D eigenvalue weighted by Gasteiger charge is -2.54. The van der Waals surface area contributed by atoms with Crippen LogP contribution in [0.25, 0.3) is 0 Å². The van der Waals surface area contributed by atoms with E-state index in [0.29, 0.717) is 190 Å². The number of piperazine rings is 4. The van der Waals surface area contributed by atoms with E-state index < -0.39 is 0 Å². The number of ether oxygens (including phenoxy) is 3. The Labute approximate surface area is 847 Å². The average molecular weight is 2070 g/mol. The van der Waals surface area contributed by atoms with Crippen LogP contribution >= 0.6 is 151 Å². The van der Waals surface area contributed by atoms with Gasteiger partial charge in [-0.15, -0.1) is 0 Å². The first-order valence-corrected chi connectivity index (χ1v) is 49.1. The van der Waals surface area contributed by atoms with Gasteiger partial charge in [-0.2, -0.15) is 0 Å². The van der Waals surface area contributed by atoms with Crippen molar-refractivity contribution in [2.24, 2.45) is 23.7 Å². The Hall–Kier alpha value is -9.13. The molecule has 8 aliphatic rings. The van der Waals surface area contributed by atoms with Crippen LogP contribution < -0.4 is 55.1 Å². The zero-order valence-corrected chi connectivity index (χ0v) is 84.2. The highest BCUT2D eigenvalue weighted by atomic mass is 35.5. The zero-order valence-electron chi connectivity index (χ0n) is 74.4. The number of hydrogen-bond donors (Lipinski definition) is 4. The van der Waals surface area contributed by atoms with Crippen LogP contribution in [0.5, 0.6) is 17.2 Å². The highest BCUT2D eigenvalue weighted by molar-refractivity contribution is 6.39. The van der Waals surface area contributed by atoms with Crippen LogP contribution in [0.4, 0.5) is 59.0 Å². The SMILES string of the molecule is COc1cc(NC(=O)N2CCN(c3ccc(Cl)cc3Cl)C(c3ccc(Cl)cc3)C2)cc(OC)c1.COc1ccc(Cl)cc1NC(=O)N1CCN(c2ccc(Cl)cc2Cl)C(c2ccc(Cl)cc2)C1.Cc1cc(C)c(NC(=O)N2CCN(c3ccc(Cl)cc3Cl)C(c3ccc(Cl)cc3)C2)c(C)c1.O=C(NC1C2CC3CC(C2)CC1C3)N1CCN(c2ccc(Cl)cc2Cl)C(c2ccc(Cl)cc2)C1. The number of halogens is 13. The first kappa shape index (κ1) is 99.4. The normalized spacial score (nSPS) is 20.1. The molecule has 4 aliphatic carbocycles. The molecule has 8 amide bonds. The second-order valence-corrected chi connectivity index (χ2v) is 40.2. The van der Waals surface area contributed by atoms with Crippen LogP contribution in [0.15, 0.2) is 218 Å². The van der Waals surface area contributed by atoms with Crippen molar-refractivity contribution in [1.82, 2.24) is 24.9 Å². The Morgan fingerprint density at radius 1 is 0.306 bits per heavy atom. The van der Waals surface area contributed by atoms with Crippen molar-refractivity contribution in [2.45, 2.75) is 83.1 Å². The summed E-state index contributed by atoms with van der Waals surface area (Å²) in [7, 11) is 4.68. The molecule has 11 aromatic rings. The summed E-state index contributed by atoms with van der Waals surface area (Å²) in [6, 6.07) is 66.9. The quantitative estimate of drug-likeness (QED) is 0.0770. The Morgan fingerprint density at radius 3 is 0.925 bits per heavy atom. The number of carbonyl (C=O) groups excluding carboxylic acids is 4. The summed E-state index contributed by atoms with van der Waals surface area (Å²) in [4.78, 5) is 69.4. The predicted octanol–water partition coefficient (Wildman–Crippen LogP) is 28.9. The number of urea groups is 4. The van der Waals surface area contributed by atoms with Crippen molar-refractivity contribution in [3.05, 3.63) is 323 Å². The summed E-state index contributed by atoms with van der Waals surface area (Å²) in [5, 5.41) is 20.4. The van der Waals surface area contributed by atoms with Crippen molar-refractivity contribution < 1.29 is 33.4 Å². The van der Waals surface area contributed by atoms with Gasteiger partial charge in [-0.05, 0) is 249 Å². The third kappa shape index (κ3) is 24.3. The molecular formula is C102H101Cl13N12O7. The number of nitrogens with zero attached hydrogens (tertiary/aromatic N) is 8. The van der Waals surface area contributed by atoms with Gasteiger partial charge in [0.2, 0.25) is 0 Å². The van der Waals surface area contributed by atoms with E-state index in [9.17, 15) is 19.2 Å². The summed E-state index contributed by atoms with van der Waals surface area (Å²) in [6.07, 6.45) is 6.62. The van der Waals surface area contributed by atoms with Crippen LogP contribution in [0, 0.1) is 44.4 Å². The monoisotopic (exact) mass is 2060 g/mol. The standard InChI is InChI=1S/C27H30Cl3N3O.C26H26Cl3N3O.C25H24Cl3N3O3.C24H21Cl4N3O2/c28-21-3-1-18(2-4-21)25-15-32(7-8-33(25)24-6-5-22(29)14-23(24)30)27(34)31-26-19-10-16-9-17(12-19)13-20(26)11-16;1-16-12-17(2)25(18(3)13-16)30-26(33)31-10-11-32(23-9-8-21(28)14-22(23)29)24(15-31)19-4-6-20(27)7-5-19;1-33-20-12-19(13-21(14-20)34-2)29-25(32)30-9-10-31(23-8-7-18(27)11-22(23)28)24(15-30)16-3-5-17(26)6-4-16;1-33-23-9-7-18(27)13-20(23)29-24(32)30-10-11-31(21-8-6-17(26)12-19(21)28)22(14-30)15-2-4-16(25)5-3-15/h1-6,14,16-17,19-20,25-26H,7-13,15H2,(H,31,34);4-9,12-14,24H,10-11,15H2,1-3H3,(H,30,33);3-8,11-14,24H,9-10,15H2,1-2H3,(H,29,32);2-9,12-13,22H,10-11,14H2,1H3,(H,29,32). The van der Waals surface area contributed by atoms with E-state index in [1.54, 1.807) is 91.8 Å². The molecule has 4 unspecified atom stereocenters. The number of anilines is 7. The summed E-state index contributed by atoms with van der Waals surface area (Å²) < 4.78 is 16.0. The van der Waals surface area contributed by atoms with Gasteiger partial charge in [0, 0.05) is 159 Å². The molecule has 0 radical (unpaired) electrons.